The molecule has 0 bridgehead atoms. The summed E-state index contributed by atoms with van der Waals surface area (Å²) in [6, 6.07) is 9.97. The predicted molar refractivity (Wildman–Crippen MR) is 95.9 cm³/mol. The van der Waals surface area contributed by atoms with Gasteiger partial charge in [0.2, 0.25) is 0 Å². The first-order chi connectivity index (χ1) is 10.7. The Bertz CT molecular complexity index is 388. The van der Waals surface area contributed by atoms with Gasteiger partial charge in [-0.3, -0.25) is 0 Å². The third-order valence-corrected chi connectivity index (χ3v) is 4.08. The molecule has 1 rings (SSSR count). The van der Waals surface area contributed by atoms with E-state index in [2.05, 4.69) is 31.2 Å². The molecule has 2 nitrogen and oxygen atoms in total. The lowest BCUT2D eigenvalue weighted by Gasteiger charge is -2.18. The number of allylic oxidation sites excluding steroid dienone is 2. The summed E-state index contributed by atoms with van der Waals surface area (Å²) < 4.78 is 0. The maximum absolute atomic E-state index is 10.1. The molecule has 0 aromatic heterocycles. The van der Waals surface area contributed by atoms with Gasteiger partial charge in [0, 0.05) is 6.04 Å². The molecule has 0 amide bonds. The molecule has 0 radical (unpaired) electrons. The third-order valence-electron chi connectivity index (χ3n) is 4.08. The van der Waals surface area contributed by atoms with Crippen LogP contribution in [0.15, 0.2) is 42.5 Å². The average Bonchev–Trinajstić information content (AvgIpc) is 2.54. The van der Waals surface area contributed by atoms with Crippen molar-refractivity contribution in [2.45, 2.75) is 76.9 Å². The molecule has 22 heavy (non-hydrogen) atoms. The number of hydrogen-bond acceptors (Lipinski definition) is 2. The standard InChI is InChI=1S/C20H33NO/c1-2-3-4-5-6-7-8-9-13-16-20(22)19(21)17-18-14-11-10-12-15-18/h8-12,14-15,19-20,22H,2-7,13,16-17,21H2,1H3/b9-8-/t19-,20+/m0/s1. The number of aliphatic hydroxyl groups excluding tert-OH is 1. The summed E-state index contributed by atoms with van der Waals surface area (Å²) >= 11 is 0. The Labute approximate surface area is 136 Å². The number of benzene rings is 1. The summed E-state index contributed by atoms with van der Waals surface area (Å²) in [5, 5.41) is 10.1. The molecule has 2 heteroatoms. The first kappa shape index (κ1) is 18.9. The second-order valence-electron chi connectivity index (χ2n) is 6.17. The Hall–Kier alpha value is -1.12. The Morgan fingerprint density at radius 3 is 2.41 bits per heavy atom. The summed E-state index contributed by atoms with van der Waals surface area (Å²) in [7, 11) is 0. The summed E-state index contributed by atoms with van der Waals surface area (Å²) in [5.41, 5.74) is 7.28. The van der Waals surface area contributed by atoms with E-state index in [0.717, 1.165) is 25.7 Å². The van der Waals surface area contributed by atoms with Crippen LogP contribution >= 0.6 is 0 Å². The molecule has 0 aliphatic carbocycles. The number of rotatable bonds is 12. The van der Waals surface area contributed by atoms with Gasteiger partial charge in [0.25, 0.3) is 0 Å². The molecule has 1 aromatic carbocycles. The highest BCUT2D eigenvalue weighted by Crippen LogP contribution is 2.10. The Kier molecular flexibility index (Phi) is 10.7. The maximum Gasteiger partial charge on any atom is 0.0697 e. The van der Waals surface area contributed by atoms with E-state index in [-0.39, 0.29) is 6.04 Å². The lowest BCUT2D eigenvalue weighted by molar-refractivity contribution is 0.135. The van der Waals surface area contributed by atoms with Gasteiger partial charge in [0.05, 0.1) is 6.10 Å². The lowest BCUT2D eigenvalue weighted by Crippen LogP contribution is -2.36. The summed E-state index contributed by atoms with van der Waals surface area (Å²) in [6.45, 7) is 2.24. The molecule has 0 saturated carbocycles. The first-order valence-corrected chi connectivity index (χ1v) is 8.86. The summed E-state index contributed by atoms with van der Waals surface area (Å²) in [5.74, 6) is 0. The summed E-state index contributed by atoms with van der Waals surface area (Å²) in [6.07, 6.45) is 14.2. The fourth-order valence-corrected chi connectivity index (χ4v) is 2.60. The van der Waals surface area contributed by atoms with Crippen molar-refractivity contribution in [1.29, 1.82) is 0 Å². The van der Waals surface area contributed by atoms with Gasteiger partial charge in [-0.25, -0.2) is 0 Å². The average molecular weight is 303 g/mol. The van der Waals surface area contributed by atoms with Crippen molar-refractivity contribution in [2.75, 3.05) is 0 Å². The van der Waals surface area contributed by atoms with Crippen molar-refractivity contribution in [3.05, 3.63) is 48.0 Å². The van der Waals surface area contributed by atoms with Gasteiger partial charge < -0.3 is 10.8 Å². The van der Waals surface area contributed by atoms with Crippen LogP contribution in [0, 0.1) is 0 Å². The van der Waals surface area contributed by atoms with Crippen LogP contribution in [0.1, 0.15) is 63.9 Å². The maximum atomic E-state index is 10.1. The van der Waals surface area contributed by atoms with Crippen LogP contribution in [-0.2, 0) is 6.42 Å². The van der Waals surface area contributed by atoms with Crippen molar-refractivity contribution in [2.24, 2.45) is 5.73 Å². The van der Waals surface area contributed by atoms with Crippen molar-refractivity contribution < 1.29 is 5.11 Å². The van der Waals surface area contributed by atoms with Crippen LogP contribution in [-0.4, -0.2) is 17.3 Å². The zero-order valence-electron chi connectivity index (χ0n) is 14.1. The highest BCUT2D eigenvalue weighted by Gasteiger charge is 2.14. The fourth-order valence-electron chi connectivity index (χ4n) is 2.60. The second-order valence-corrected chi connectivity index (χ2v) is 6.17. The normalized spacial score (nSPS) is 14.3. The molecule has 0 spiro atoms. The zero-order chi connectivity index (χ0) is 16.0. The molecule has 124 valence electrons. The number of unbranched alkanes of at least 4 members (excludes halogenated alkanes) is 5. The minimum atomic E-state index is -0.422. The van der Waals surface area contributed by atoms with E-state index in [4.69, 9.17) is 5.73 Å². The fraction of sp³-hybridized carbons (Fsp3) is 0.600. The number of aliphatic hydroxyl groups is 1. The highest BCUT2D eigenvalue weighted by atomic mass is 16.3. The van der Waals surface area contributed by atoms with Gasteiger partial charge in [0.1, 0.15) is 0 Å². The molecular formula is C20H33NO. The monoisotopic (exact) mass is 303 g/mol. The Morgan fingerprint density at radius 1 is 1.00 bits per heavy atom. The minimum absolute atomic E-state index is 0.176. The SMILES string of the molecule is CCCCCCC/C=C\CC[C@@H](O)[C@@H](N)Cc1ccccc1. The van der Waals surface area contributed by atoms with Crippen molar-refractivity contribution in [1.82, 2.24) is 0 Å². The van der Waals surface area contributed by atoms with Crippen LogP contribution in [0.2, 0.25) is 0 Å². The van der Waals surface area contributed by atoms with Crippen LogP contribution in [0.25, 0.3) is 0 Å². The molecule has 0 fully saturated rings. The Balaban J connectivity index is 2.08. The highest BCUT2D eigenvalue weighted by molar-refractivity contribution is 5.16. The van der Waals surface area contributed by atoms with Crippen LogP contribution in [0.5, 0.6) is 0 Å². The zero-order valence-corrected chi connectivity index (χ0v) is 14.1. The largest absolute Gasteiger partial charge is 0.391 e. The quantitative estimate of drug-likeness (QED) is 0.437. The van der Waals surface area contributed by atoms with Gasteiger partial charge in [-0.15, -0.1) is 0 Å². The lowest BCUT2D eigenvalue weighted by atomic mass is 9.99. The van der Waals surface area contributed by atoms with E-state index < -0.39 is 6.10 Å². The molecule has 3 N–H and O–H groups in total. The van der Waals surface area contributed by atoms with Crippen molar-refractivity contribution in [3.8, 4) is 0 Å². The minimum Gasteiger partial charge on any atom is -0.391 e. The molecule has 1 aromatic rings. The first-order valence-electron chi connectivity index (χ1n) is 8.86. The van der Waals surface area contributed by atoms with Gasteiger partial charge in [-0.1, -0.05) is 75.1 Å². The van der Waals surface area contributed by atoms with E-state index in [1.807, 2.05) is 18.2 Å². The third kappa shape index (κ3) is 9.01. The van der Waals surface area contributed by atoms with Gasteiger partial charge in [-0.05, 0) is 37.7 Å². The van der Waals surface area contributed by atoms with Gasteiger partial charge >= 0.3 is 0 Å². The molecule has 2 atom stereocenters. The van der Waals surface area contributed by atoms with E-state index in [9.17, 15) is 5.11 Å². The second kappa shape index (κ2) is 12.4. The van der Waals surface area contributed by atoms with Gasteiger partial charge in [0.15, 0.2) is 0 Å². The molecule has 0 aliphatic rings. The molecule has 0 aliphatic heterocycles. The van der Waals surface area contributed by atoms with E-state index in [1.165, 1.54) is 37.7 Å². The van der Waals surface area contributed by atoms with E-state index in [0.29, 0.717) is 0 Å². The van der Waals surface area contributed by atoms with Crippen LogP contribution < -0.4 is 5.73 Å². The molecular weight excluding hydrogens is 270 g/mol. The van der Waals surface area contributed by atoms with E-state index in [1.54, 1.807) is 0 Å². The van der Waals surface area contributed by atoms with Crippen LogP contribution in [0.4, 0.5) is 0 Å². The number of hydrogen-bond donors (Lipinski definition) is 2. The van der Waals surface area contributed by atoms with E-state index >= 15 is 0 Å². The number of nitrogens with two attached hydrogens (primary N) is 1. The predicted octanol–water partition coefficient (Wildman–Crippen LogP) is 4.61. The smallest absolute Gasteiger partial charge is 0.0697 e. The topological polar surface area (TPSA) is 46.2 Å². The molecule has 0 unspecified atom stereocenters. The van der Waals surface area contributed by atoms with Crippen molar-refractivity contribution >= 4 is 0 Å². The molecule has 0 saturated heterocycles. The summed E-state index contributed by atoms with van der Waals surface area (Å²) in [4.78, 5) is 0. The molecule has 0 heterocycles. The van der Waals surface area contributed by atoms with Gasteiger partial charge in [-0.2, -0.15) is 0 Å². The van der Waals surface area contributed by atoms with Crippen molar-refractivity contribution in [3.63, 3.8) is 0 Å². The Morgan fingerprint density at radius 2 is 1.68 bits per heavy atom. The van der Waals surface area contributed by atoms with Crippen LogP contribution in [0.3, 0.4) is 0 Å².